The summed E-state index contributed by atoms with van der Waals surface area (Å²) in [5.41, 5.74) is 0.198. The topological polar surface area (TPSA) is 70.0 Å². The molecule has 5 nitrogen and oxygen atoms in total. The molecule has 0 saturated carbocycles. The number of aliphatic hydroxyl groups is 1. The Morgan fingerprint density at radius 2 is 1.85 bits per heavy atom. The maximum absolute atomic E-state index is 12.3. The number of hydrogen-bond acceptors (Lipinski definition) is 5. The largest absolute Gasteiger partial charge is 0.507 e. The number of halogens is 1. The lowest BCUT2D eigenvalue weighted by Crippen LogP contribution is -2.40. The zero-order valence-electron chi connectivity index (χ0n) is 15.1. The average Bonchev–Trinajstić information content (AvgIpc) is 2.67. The summed E-state index contributed by atoms with van der Waals surface area (Å²) >= 11 is 5.91. The minimum Gasteiger partial charge on any atom is -0.507 e. The monoisotopic (exact) mass is 387 g/mol. The molecule has 0 amide bonds. The summed E-state index contributed by atoms with van der Waals surface area (Å²) < 4.78 is 5.02. The van der Waals surface area contributed by atoms with Gasteiger partial charge in [0.15, 0.2) is 5.78 Å². The minimum atomic E-state index is -0.882. The Hall–Kier alpha value is -2.50. The third-order valence-electron chi connectivity index (χ3n) is 4.91. The van der Waals surface area contributed by atoms with Gasteiger partial charge in [0.25, 0.3) is 0 Å². The normalized spacial score (nSPS) is 16.5. The Labute approximate surface area is 163 Å². The zero-order valence-corrected chi connectivity index (χ0v) is 15.8. The highest BCUT2D eigenvalue weighted by Gasteiger charge is 2.33. The van der Waals surface area contributed by atoms with Crippen LogP contribution >= 0.6 is 11.6 Å². The van der Waals surface area contributed by atoms with Crippen molar-refractivity contribution in [2.75, 3.05) is 20.2 Å². The van der Waals surface area contributed by atoms with Crippen molar-refractivity contribution in [1.82, 2.24) is 4.90 Å². The molecule has 2 aromatic carbocycles. The van der Waals surface area contributed by atoms with Crippen LogP contribution in [0.15, 0.2) is 54.7 Å². The molecule has 3 rings (SSSR count). The van der Waals surface area contributed by atoms with Gasteiger partial charge in [0.1, 0.15) is 11.5 Å². The molecule has 2 N–H and O–H groups in total. The molecule has 1 saturated heterocycles. The van der Waals surface area contributed by atoms with Gasteiger partial charge in [-0.15, -0.1) is 0 Å². The van der Waals surface area contributed by atoms with E-state index in [9.17, 15) is 15.0 Å². The summed E-state index contributed by atoms with van der Waals surface area (Å²) in [6.07, 6.45) is 4.27. The summed E-state index contributed by atoms with van der Waals surface area (Å²) in [6.45, 7) is 1.25. The SMILES string of the molecule is COc1ccc(C(=O)/C=C/N2CCC(O)(c3ccc(Cl)cc3)CC2)c(O)c1. The van der Waals surface area contributed by atoms with Gasteiger partial charge in [-0.3, -0.25) is 4.79 Å². The van der Waals surface area contributed by atoms with Crippen molar-refractivity contribution in [1.29, 1.82) is 0 Å². The first-order valence-electron chi connectivity index (χ1n) is 8.73. The molecule has 0 aliphatic carbocycles. The number of rotatable bonds is 5. The summed E-state index contributed by atoms with van der Waals surface area (Å²) in [5.74, 6) is 0.0963. The molecule has 0 atom stereocenters. The molecule has 1 fully saturated rings. The molecule has 1 heterocycles. The number of benzene rings is 2. The highest BCUT2D eigenvalue weighted by molar-refractivity contribution is 6.30. The second kappa shape index (κ2) is 8.03. The second-order valence-electron chi connectivity index (χ2n) is 6.64. The molecular formula is C21H22ClNO4. The Bertz CT molecular complexity index is 840. The van der Waals surface area contributed by atoms with Crippen LogP contribution in [-0.2, 0) is 5.60 Å². The Morgan fingerprint density at radius 1 is 1.19 bits per heavy atom. The number of phenols is 1. The zero-order chi connectivity index (χ0) is 19.4. The standard InChI is InChI=1S/C21H22ClNO4/c1-27-17-6-7-18(20(25)14-17)19(24)8-11-23-12-9-21(26,10-13-23)15-2-4-16(22)5-3-15/h2-8,11,14,25-26H,9-10,12-13H2,1H3/b11-8+. The number of ketones is 1. The quantitative estimate of drug-likeness (QED) is 0.604. The molecule has 6 heteroatoms. The van der Waals surface area contributed by atoms with E-state index in [1.807, 2.05) is 17.0 Å². The summed E-state index contributed by atoms with van der Waals surface area (Å²) in [7, 11) is 1.50. The molecule has 0 aromatic heterocycles. The second-order valence-corrected chi connectivity index (χ2v) is 7.07. The molecule has 0 bridgehead atoms. The van der Waals surface area contributed by atoms with Crippen LogP contribution in [0.25, 0.3) is 0 Å². The van der Waals surface area contributed by atoms with Gasteiger partial charge in [-0.2, -0.15) is 0 Å². The highest BCUT2D eigenvalue weighted by Crippen LogP contribution is 2.33. The maximum atomic E-state index is 12.3. The molecule has 0 spiro atoms. The van der Waals surface area contributed by atoms with Crippen LogP contribution in [0.1, 0.15) is 28.8 Å². The van der Waals surface area contributed by atoms with E-state index < -0.39 is 5.60 Å². The van der Waals surface area contributed by atoms with E-state index in [0.29, 0.717) is 36.7 Å². The number of piperidine rings is 1. The number of carbonyl (C=O) groups excluding carboxylic acids is 1. The van der Waals surface area contributed by atoms with Crippen LogP contribution in [0.3, 0.4) is 0 Å². The number of nitrogens with zero attached hydrogens (tertiary/aromatic N) is 1. The van der Waals surface area contributed by atoms with Gasteiger partial charge in [0.05, 0.1) is 18.3 Å². The number of allylic oxidation sites excluding steroid dienone is 1. The van der Waals surface area contributed by atoms with Crippen molar-refractivity contribution >= 4 is 17.4 Å². The number of methoxy groups -OCH3 is 1. The van der Waals surface area contributed by atoms with E-state index in [4.69, 9.17) is 16.3 Å². The number of carbonyl (C=O) groups is 1. The van der Waals surface area contributed by atoms with Crippen molar-refractivity contribution < 1.29 is 19.7 Å². The molecule has 1 aliphatic rings. The summed E-state index contributed by atoms with van der Waals surface area (Å²) in [4.78, 5) is 14.3. The average molecular weight is 388 g/mol. The maximum Gasteiger partial charge on any atom is 0.190 e. The van der Waals surface area contributed by atoms with Gasteiger partial charge in [-0.25, -0.2) is 0 Å². The van der Waals surface area contributed by atoms with E-state index in [1.165, 1.54) is 25.3 Å². The molecule has 1 aliphatic heterocycles. The molecule has 0 unspecified atom stereocenters. The Morgan fingerprint density at radius 3 is 2.44 bits per heavy atom. The van der Waals surface area contributed by atoms with E-state index in [2.05, 4.69) is 0 Å². The molecular weight excluding hydrogens is 366 g/mol. The van der Waals surface area contributed by atoms with Crippen molar-refractivity contribution in [2.24, 2.45) is 0 Å². The first kappa shape index (κ1) is 19.3. The van der Waals surface area contributed by atoms with Gasteiger partial charge in [0.2, 0.25) is 0 Å². The van der Waals surface area contributed by atoms with E-state index in [-0.39, 0.29) is 17.1 Å². The summed E-state index contributed by atoms with van der Waals surface area (Å²) in [5, 5.41) is 21.5. The summed E-state index contributed by atoms with van der Waals surface area (Å²) in [6, 6.07) is 11.8. The fourth-order valence-corrected chi connectivity index (χ4v) is 3.33. The first-order chi connectivity index (χ1) is 12.9. The van der Waals surface area contributed by atoms with Gasteiger partial charge >= 0.3 is 0 Å². The number of phenolic OH excluding ortho intramolecular Hbond substituents is 1. The molecule has 2 aromatic rings. The number of likely N-dealkylation sites (tertiary alicyclic amines) is 1. The van der Waals surface area contributed by atoms with Gasteiger partial charge < -0.3 is 19.8 Å². The smallest absolute Gasteiger partial charge is 0.190 e. The Balaban J connectivity index is 1.61. The van der Waals surface area contributed by atoms with E-state index >= 15 is 0 Å². The van der Waals surface area contributed by atoms with Crippen LogP contribution < -0.4 is 4.74 Å². The molecule has 0 radical (unpaired) electrons. The van der Waals surface area contributed by atoms with Gasteiger partial charge in [-0.1, -0.05) is 23.7 Å². The van der Waals surface area contributed by atoms with Crippen molar-refractivity contribution in [3.8, 4) is 11.5 Å². The lowest BCUT2D eigenvalue weighted by Gasteiger charge is -2.38. The van der Waals surface area contributed by atoms with Gasteiger partial charge in [-0.05, 0) is 42.7 Å². The number of ether oxygens (including phenoxy) is 1. The third-order valence-corrected chi connectivity index (χ3v) is 5.17. The van der Waals surface area contributed by atoms with Crippen LogP contribution in [0.2, 0.25) is 5.02 Å². The van der Waals surface area contributed by atoms with Crippen LogP contribution in [0.5, 0.6) is 11.5 Å². The highest BCUT2D eigenvalue weighted by atomic mass is 35.5. The molecule has 27 heavy (non-hydrogen) atoms. The Kier molecular flexibility index (Phi) is 5.73. The van der Waals surface area contributed by atoms with Crippen molar-refractivity contribution in [3.63, 3.8) is 0 Å². The molecule has 142 valence electrons. The van der Waals surface area contributed by atoms with Crippen molar-refractivity contribution in [3.05, 3.63) is 70.9 Å². The van der Waals surface area contributed by atoms with Crippen LogP contribution in [0.4, 0.5) is 0 Å². The van der Waals surface area contributed by atoms with Crippen molar-refractivity contribution in [2.45, 2.75) is 18.4 Å². The fraction of sp³-hybridized carbons (Fsp3) is 0.286. The van der Waals surface area contributed by atoms with E-state index in [0.717, 1.165) is 5.56 Å². The number of aromatic hydroxyl groups is 1. The van der Waals surface area contributed by atoms with Gasteiger partial charge in [0, 0.05) is 36.5 Å². The lowest BCUT2D eigenvalue weighted by atomic mass is 9.84. The van der Waals surface area contributed by atoms with Crippen LogP contribution in [0, 0.1) is 0 Å². The van der Waals surface area contributed by atoms with E-state index in [1.54, 1.807) is 24.4 Å². The predicted octanol–water partition coefficient (Wildman–Crippen LogP) is 3.73. The fourth-order valence-electron chi connectivity index (χ4n) is 3.20. The third kappa shape index (κ3) is 4.43. The lowest BCUT2D eigenvalue weighted by molar-refractivity contribution is -0.0161. The first-order valence-corrected chi connectivity index (χ1v) is 9.11. The minimum absolute atomic E-state index is 0.111. The predicted molar refractivity (Wildman–Crippen MR) is 104 cm³/mol. The number of hydrogen-bond donors (Lipinski definition) is 2. The van der Waals surface area contributed by atoms with Crippen LogP contribution in [-0.4, -0.2) is 41.1 Å².